The summed E-state index contributed by atoms with van der Waals surface area (Å²) < 4.78 is 5.91. The fourth-order valence-corrected chi connectivity index (χ4v) is 3.07. The first-order valence-electron chi connectivity index (χ1n) is 7.34. The molecule has 4 nitrogen and oxygen atoms in total. The van der Waals surface area contributed by atoms with Crippen LogP contribution in [0.4, 0.5) is 5.69 Å². The summed E-state index contributed by atoms with van der Waals surface area (Å²) in [6, 6.07) is 13.9. The van der Waals surface area contributed by atoms with E-state index in [9.17, 15) is 0 Å². The summed E-state index contributed by atoms with van der Waals surface area (Å²) in [6.45, 7) is 2.49. The van der Waals surface area contributed by atoms with Crippen LogP contribution >= 0.6 is 11.3 Å². The van der Waals surface area contributed by atoms with Gasteiger partial charge >= 0.3 is 0 Å². The van der Waals surface area contributed by atoms with Gasteiger partial charge in [0.1, 0.15) is 6.61 Å². The smallest absolute Gasteiger partial charge is 0.214 e. The Morgan fingerprint density at radius 1 is 1.17 bits per heavy atom. The quantitative estimate of drug-likeness (QED) is 0.569. The molecule has 2 N–H and O–H groups in total. The van der Waals surface area contributed by atoms with Gasteiger partial charge in [-0.1, -0.05) is 18.2 Å². The molecule has 2 heterocycles. The molecule has 2 aromatic heterocycles. The van der Waals surface area contributed by atoms with E-state index >= 15 is 0 Å². The third kappa shape index (κ3) is 3.52. The molecule has 0 aliphatic carbocycles. The number of rotatable bonds is 5. The molecule has 0 bridgehead atoms. The monoisotopic (exact) mass is 325 g/mol. The van der Waals surface area contributed by atoms with E-state index in [0.717, 1.165) is 28.1 Å². The fourth-order valence-electron chi connectivity index (χ4n) is 2.42. The number of nitrogens with zero attached hydrogens (tertiary/aromatic N) is 2. The number of hydrogen-bond donors (Lipinski definition) is 1. The number of anilines is 1. The normalized spacial score (nSPS) is 10.6. The molecule has 0 atom stereocenters. The van der Waals surface area contributed by atoms with Gasteiger partial charge in [-0.2, -0.15) is 11.3 Å². The maximum absolute atomic E-state index is 5.91. The van der Waals surface area contributed by atoms with E-state index in [-0.39, 0.29) is 0 Å². The number of ether oxygens (including phenoxy) is 1. The van der Waals surface area contributed by atoms with Gasteiger partial charge in [0.2, 0.25) is 5.88 Å². The Kier molecular flexibility index (Phi) is 4.60. The van der Waals surface area contributed by atoms with Crippen molar-refractivity contribution in [2.75, 3.05) is 12.1 Å². The SMILES string of the molecule is Cc1cccc(N(C)N)c1COc1cccc(-c2ccsc2)n1. The first kappa shape index (κ1) is 15.5. The van der Waals surface area contributed by atoms with Crippen molar-refractivity contribution in [3.63, 3.8) is 0 Å². The maximum Gasteiger partial charge on any atom is 0.214 e. The molecule has 3 aromatic rings. The van der Waals surface area contributed by atoms with Gasteiger partial charge in [-0.15, -0.1) is 0 Å². The van der Waals surface area contributed by atoms with Crippen molar-refractivity contribution in [1.29, 1.82) is 0 Å². The van der Waals surface area contributed by atoms with Crippen molar-refractivity contribution in [2.45, 2.75) is 13.5 Å². The molecule has 0 unspecified atom stereocenters. The van der Waals surface area contributed by atoms with Crippen LogP contribution in [-0.2, 0) is 6.61 Å². The molecule has 3 rings (SSSR count). The highest BCUT2D eigenvalue weighted by Gasteiger charge is 2.09. The Morgan fingerprint density at radius 3 is 2.74 bits per heavy atom. The lowest BCUT2D eigenvalue weighted by atomic mass is 10.1. The summed E-state index contributed by atoms with van der Waals surface area (Å²) in [4.78, 5) is 4.57. The molecule has 0 fully saturated rings. The van der Waals surface area contributed by atoms with Crippen LogP contribution in [0.3, 0.4) is 0 Å². The molecular formula is C18H19N3OS. The summed E-state index contributed by atoms with van der Waals surface area (Å²) in [6.07, 6.45) is 0. The van der Waals surface area contributed by atoms with Gasteiger partial charge in [0.15, 0.2) is 0 Å². The Bertz CT molecular complexity index is 785. The topological polar surface area (TPSA) is 51.4 Å². The molecule has 0 saturated carbocycles. The number of nitrogens with two attached hydrogens (primary N) is 1. The van der Waals surface area contributed by atoms with Gasteiger partial charge in [-0.25, -0.2) is 10.8 Å². The first-order valence-corrected chi connectivity index (χ1v) is 8.29. The first-order chi connectivity index (χ1) is 11.1. The van der Waals surface area contributed by atoms with Crippen LogP contribution in [0.1, 0.15) is 11.1 Å². The predicted octanol–water partition coefficient (Wildman–Crippen LogP) is 4.01. The van der Waals surface area contributed by atoms with Gasteiger partial charge < -0.3 is 9.75 Å². The number of aromatic nitrogens is 1. The highest BCUT2D eigenvalue weighted by Crippen LogP contribution is 2.25. The van der Waals surface area contributed by atoms with Crippen molar-refractivity contribution in [2.24, 2.45) is 5.84 Å². The van der Waals surface area contributed by atoms with Gasteiger partial charge in [-0.05, 0) is 36.1 Å². The zero-order valence-corrected chi connectivity index (χ0v) is 14.0. The van der Waals surface area contributed by atoms with E-state index in [2.05, 4.69) is 29.4 Å². The van der Waals surface area contributed by atoms with Crippen LogP contribution < -0.4 is 15.6 Å². The Hall–Kier alpha value is -2.37. The largest absolute Gasteiger partial charge is 0.473 e. The van der Waals surface area contributed by atoms with Gasteiger partial charge in [0.05, 0.1) is 11.4 Å². The average molecular weight is 325 g/mol. The number of aryl methyl sites for hydroxylation is 1. The van der Waals surface area contributed by atoms with E-state index in [1.807, 2.05) is 42.8 Å². The van der Waals surface area contributed by atoms with Crippen molar-refractivity contribution in [3.8, 4) is 17.1 Å². The van der Waals surface area contributed by atoms with Crippen molar-refractivity contribution >= 4 is 17.0 Å². The number of hydrogen-bond acceptors (Lipinski definition) is 5. The summed E-state index contributed by atoms with van der Waals surface area (Å²) >= 11 is 1.66. The third-order valence-corrected chi connectivity index (χ3v) is 4.35. The van der Waals surface area contributed by atoms with Crippen LogP contribution in [0.15, 0.2) is 53.2 Å². The maximum atomic E-state index is 5.91. The fraction of sp³-hybridized carbons (Fsp3) is 0.167. The van der Waals surface area contributed by atoms with E-state index in [1.165, 1.54) is 0 Å². The predicted molar refractivity (Wildman–Crippen MR) is 95.7 cm³/mol. The van der Waals surface area contributed by atoms with Crippen LogP contribution in [-0.4, -0.2) is 12.0 Å². The van der Waals surface area contributed by atoms with Gasteiger partial charge in [-0.3, -0.25) is 0 Å². The lowest BCUT2D eigenvalue weighted by Gasteiger charge is -2.19. The lowest BCUT2D eigenvalue weighted by Crippen LogP contribution is -2.26. The summed E-state index contributed by atoms with van der Waals surface area (Å²) in [7, 11) is 1.83. The molecule has 118 valence electrons. The Balaban J connectivity index is 1.81. The van der Waals surface area contributed by atoms with E-state index in [1.54, 1.807) is 16.3 Å². The zero-order chi connectivity index (χ0) is 16.2. The number of hydrazine groups is 1. The number of thiophene rings is 1. The molecule has 0 aliphatic rings. The number of pyridine rings is 1. The van der Waals surface area contributed by atoms with Crippen molar-refractivity contribution in [3.05, 3.63) is 64.4 Å². The van der Waals surface area contributed by atoms with E-state index in [4.69, 9.17) is 10.6 Å². The highest BCUT2D eigenvalue weighted by atomic mass is 32.1. The van der Waals surface area contributed by atoms with Gasteiger partial charge in [0.25, 0.3) is 0 Å². The summed E-state index contributed by atoms with van der Waals surface area (Å²) in [5.41, 5.74) is 5.21. The summed E-state index contributed by atoms with van der Waals surface area (Å²) in [5, 5.41) is 5.73. The third-order valence-electron chi connectivity index (χ3n) is 3.67. The van der Waals surface area contributed by atoms with Crippen LogP contribution in [0.25, 0.3) is 11.3 Å². The number of benzene rings is 1. The molecule has 0 amide bonds. The van der Waals surface area contributed by atoms with Gasteiger partial charge in [0, 0.05) is 29.6 Å². The molecular weight excluding hydrogens is 306 g/mol. The Labute approximate surface area is 140 Å². The summed E-state index contributed by atoms with van der Waals surface area (Å²) in [5.74, 6) is 6.52. The highest BCUT2D eigenvalue weighted by molar-refractivity contribution is 7.08. The van der Waals surface area contributed by atoms with Crippen LogP contribution in [0, 0.1) is 6.92 Å². The second-order valence-corrected chi connectivity index (χ2v) is 6.13. The minimum absolute atomic E-state index is 0.434. The second kappa shape index (κ2) is 6.81. The minimum Gasteiger partial charge on any atom is -0.473 e. The standard InChI is InChI=1S/C18H19N3OS/c1-13-5-3-7-17(21(2)19)15(13)11-22-18-8-4-6-16(20-18)14-9-10-23-12-14/h3-10,12H,11,19H2,1-2H3. The Morgan fingerprint density at radius 2 is 2.00 bits per heavy atom. The molecule has 23 heavy (non-hydrogen) atoms. The van der Waals surface area contributed by atoms with Crippen LogP contribution in [0.2, 0.25) is 0 Å². The molecule has 0 spiro atoms. The molecule has 0 aliphatic heterocycles. The zero-order valence-electron chi connectivity index (χ0n) is 13.2. The van der Waals surface area contributed by atoms with E-state index in [0.29, 0.717) is 12.5 Å². The minimum atomic E-state index is 0.434. The lowest BCUT2D eigenvalue weighted by molar-refractivity contribution is 0.294. The molecule has 0 saturated heterocycles. The van der Waals surface area contributed by atoms with Crippen molar-refractivity contribution < 1.29 is 4.74 Å². The second-order valence-electron chi connectivity index (χ2n) is 5.35. The molecule has 0 radical (unpaired) electrons. The molecule has 5 heteroatoms. The van der Waals surface area contributed by atoms with E-state index < -0.39 is 0 Å². The molecule has 1 aromatic carbocycles. The van der Waals surface area contributed by atoms with Crippen LogP contribution in [0.5, 0.6) is 5.88 Å². The van der Waals surface area contributed by atoms with Crippen molar-refractivity contribution in [1.82, 2.24) is 4.98 Å². The average Bonchev–Trinajstić information content (AvgIpc) is 3.08.